The highest BCUT2D eigenvalue weighted by atomic mass is 19.1. The van der Waals surface area contributed by atoms with E-state index in [-0.39, 0.29) is 35.8 Å². The molecule has 0 spiro atoms. The summed E-state index contributed by atoms with van der Waals surface area (Å²) in [5.74, 6) is -4.77. The van der Waals surface area contributed by atoms with E-state index in [1.54, 1.807) is 13.8 Å². The standard InChI is InChI=1S/C25H32FNO12/c1-11-19(16-8-33-25(6,7)34-9-17(16)23(26)27-11)39-24-22(37-15(5)31)21(36-14(4)30)20(35-13(3)29)18(38-24)10-32-12(2)28/h18,20-22,24H,8-10H2,1-7H3/t18-,20+,21+,22-,24+/m1/s1. The second-order valence-electron chi connectivity index (χ2n) is 9.44. The highest BCUT2D eigenvalue weighted by molar-refractivity contribution is 5.68. The van der Waals surface area contributed by atoms with Crippen LogP contribution in [0.25, 0.3) is 0 Å². The summed E-state index contributed by atoms with van der Waals surface area (Å²) >= 11 is 0. The van der Waals surface area contributed by atoms with Gasteiger partial charge in [-0.05, 0) is 20.8 Å². The van der Waals surface area contributed by atoms with Gasteiger partial charge in [0.1, 0.15) is 18.5 Å². The molecule has 0 aromatic carbocycles. The van der Waals surface area contributed by atoms with Crippen molar-refractivity contribution < 1.29 is 61.5 Å². The average Bonchev–Trinajstić information content (AvgIpc) is 2.96. The van der Waals surface area contributed by atoms with Gasteiger partial charge in [0.25, 0.3) is 0 Å². The number of nitrogens with zero attached hydrogens (tertiary/aromatic N) is 1. The quantitative estimate of drug-likeness (QED) is 0.272. The van der Waals surface area contributed by atoms with Crippen LogP contribution < -0.4 is 4.74 Å². The maximum Gasteiger partial charge on any atom is 0.303 e. The molecule has 1 aromatic rings. The minimum Gasteiger partial charge on any atom is -0.463 e. The number of carbonyl (C=O) groups is 4. The van der Waals surface area contributed by atoms with E-state index in [1.807, 2.05) is 0 Å². The van der Waals surface area contributed by atoms with Crippen molar-refractivity contribution in [3.63, 3.8) is 0 Å². The molecule has 216 valence electrons. The summed E-state index contributed by atoms with van der Waals surface area (Å²) in [6.45, 7) is 8.58. The molecule has 5 atom stereocenters. The summed E-state index contributed by atoms with van der Waals surface area (Å²) in [5.41, 5.74) is 0.479. The van der Waals surface area contributed by atoms with Crippen LogP contribution in [0.1, 0.15) is 58.4 Å². The Bertz CT molecular complexity index is 1120. The zero-order valence-electron chi connectivity index (χ0n) is 22.7. The molecule has 13 nitrogen and oxygen atoms in total. The molecule has 2 aliphatic rings. The number of halogens is 1. The van der Waals surface area contributed by atoms with Gasteiger partial charge in [-0.15, -0.1) is 0 Å². The lowest BCUT2D eigenvalue weighted by Crippen LogP contribution is -2.63. The summed E-state index contributed by atoms with van der Waals surface area (Å²) in [6.07, 6.45) is -6.98. The predicted octanol–water partition coefficient (Wildman–Crippen LogP) is 1.77. The SMILES string of the molecule is CC(=O)OC[C@H]1O[C@@H](Oc2c(C)nc(F)c3c2COC(C)(C)OC3)[C@H](OC(C)=O)[C@@H](OC(C)=O)[C@H]1OC(C)=O. The van der Waals surface area contributed by atoms with Gasteiger partial charge in [-0.1, -0.05) is 0 Å². The zero-order valence-corrected chi connectivity index (χ0v) is 22.7. The molecule has 3 heterocycles. The number of pyridine rings is 1. The van der Waals surface area contributed by atoms with Crippen molar-refractivity contribution in [2.45, 2.75) is 98.2 Å². The lowest BCUT2D eigenvalue weighted by atomic mass is 9.98. The Labute approximate surface area is 224 Å². The molecule has 1 aromatic heterocycles. The monoisotopic (exact) mass is 557 g/mol. The van der Waals surface area contributed by atoms with E-state index in [2.05, 4.69) is 4.98 Å². The first-order chi connectivity index (χ1) is 18.2. The molecule has 1 fully saturated rings. The Balaban J connectivity index is 2.09. The second-order valence-corrected chi connectivity index (χ2v) is 9.44. The number of hydrogen-bond acceptors (Lipinski definition) is 13. The first-order valence-electron chi connectivity index (χ1n) is 12.1. The Hall–Kier alpha value is -3.36. The topological polar surface area (TPSA) is 155 Å². The number of aryl methyl sites for hydroxylation is 1. The Morgan fingerprint density at radius 2 is 1.41 bits per heavy atom. The number of hydrogen-bond donors (Lipinski definition) is 0. The molecular formula is C25H32FNO12. The van der Waals surface area contributed by atoms with E-state index < -0.39 is 72.9 Å². The van der Waals surface area contributed by atoms with Crippen LogP contribution in [0.15, 0.2) is 0 Å². The summed E-state index contributed by atoms with van der Waals surface area (Å²) in [4.78, 5) is 51.5. The molecule has 1 saturated heterocycles. The molecule has 14 heteroatoms. The summed E-state index contributed by atoms with van der Waals surface area (Å²) < 4.78 is 59.6. The van der Waals surface area contributed by atoms with E-state index in [1.165, 1.54) is 6.92 Å². The Morgan fingerprint density at radius 3 is 1.97 bits per heavy atom. The molecule has 0 radical (unpaired) electrons. The van der Waals surface area contributed by atoms with Gasteiger partial charge in [0, 0.05) is 38.8 Å². The van der Waals surface area contributed by atoms with Crippen LogP contribution in [0.3, 0.4) is 0 Å². The maximum absolute atomic E-state index is 14.8. The Morgan fingerprint density at radius 1 is 0.872 bits per heavy atom. The van der Waals surface area contributed by atoms with Crippen LogP contribution >= 0.6 is 0 Å². The summed E-state index contributed by atoms with van der Waals surface area (Å²) in [6, 6.07) is 0. The van der Waals surface area contributed by atoms with E-state index in [0.717, 1.165) is 27.7 Å². The fourth-order valence-electron chi connectivity index (χ4n) is 4.13. The summed E-state index contributed by atoms with van der Waals surface area (Å²) in [5, 5.41) is 0. The number of fused-ring (bicyclic) bond motifs is 1. The van der Waals surface area contributed by atoms with Crippen molar-refractivity contribution in [1.29, 1.82) is 0 Å². The average molecular weight is 558 g/mol. The number of ether oxygens (including phenoxy) is 8. The van der Waals surface area contributed by atoms with Crippen molar-refractivity contribution in [1.82, 2.24) is 4.98 Å². The highest BCUT2D eigenvalue weighted by Gasteiger charge is 2.53. The number of carbonyl (C=O) groups excluding carboxylic acids is 4. The molecule has 0 bridgehead atoms. The second kappa shape index (κ2) is 12.2. The third kappa shape index (κ3) is 7.61. The van der Waals surface area contributed by atoms with Crippen molar-refractivity contribution in [2.75, 3.05) is 6.61 Å². The van der Waals surface area contributed by atoms with Gasteiger partial charge in [-0.3, -0.25) is 19.2 Å². The van der Waals surface area contributed by atoms with Crippen molar-refractivity contribution in [3.05, 3.63) is 22.8 Å². The highest BCUT2D eigenvalue weighted by Crippen LogP contribution is 2.37. The smallest absolute Gasteiger partial charge is 0.303 e. The minimum atomic E-state index is -1.52. The van der Waals surface area contributed by atoms with E-state index >= 15 is 0 Å². The van der Waals surface area contributed by atoms with Crippen LogP contribution in [0.2, 0.25) is 0 Å². The van der Waals surface area contributed by atoms with Gasteiger partial charge >= 0.3 is 23.9 Å². The molecule has 39 heavy (non-hydrogen) atoms. The molecule has 3 rings (SSSR count). The summed E-state index contributed by atoms with van der Waals surface area (Å²) in [7, 11) is 0. The van der Waals surface area contributed by atoms with Gasteiger partial charge in [0.2, 0.25) is 18.3 Å². The van der Waals surface area contributed by atoms with Crippen LogP contribution in [-0.4, -0.2) is 72.0 Å². The zero-order chi connectivity index (χ0) is 29.1. The predicted molar refractivity (Wildman–Crippen MR) is 125 cm³/mol. The van der Waals surface area contributed by atoms with Gasteiger partial charge in [0.05, 0.1) is 18.9 Å². The number of rotatable bonds is 7. The number of aromatic nitrogens is 1. The van der Waals surface area contributed by atoms with Crippen LogP contribution in [0.5, 0.6) is 5.75 Å². The van der Waals surface area contributed by atoms with Crippen molar-refractivity contribution in [3.8, 4) is 5.75 Å². The molecule has 0 aliphatic carbocycles. The number of esters is 4. The largest absolute Gasteiger partial charge is 0.463 e. The van der Waals surface area contributed by atoms with Crippen molar-refractivity contribution >= 4 is 23.9 Å². The normalized spacial score (nSPS) is 25.9. The fourth-order valence-corrected chi connectivity index (χ4v) is 4.13. The lowest BCUT2D eigenvalue weighted by Gasteiger charge is -2.44. The third-order valence-corrected chi connectivity index (χ3v) is 5.79. The minimum absolute atomic E-state index is 0.0496. The maximum atomic E-state index is 14.8. The molecule has 0 amide bonds. The van der Waals surface area contributed by atoms with Gasteiger partial charge in [-0.25, -0.2) is 4.98 Å². The van der Waals surface area contributed by atoms with Crippen LogP contribution in [-0.2, 0) is 65.5 Å². The fraction of sp³-hybridized carbons (Fsp3) is 0.640. The molecule has 0 N–H and O–H groups in total. The van der Waals surface area contributed by atoms with Gasteiger partial charge in [0.15, 0.2) is 18.0 Å². The van der Waals surface area contributed by atoms with Crippen molar-refractivity contribution in [2.24, 2.45) is 0 Å². The Kier molecular flexibility index (Phi) is 9.46. The van der Waals surface area contributed by atoms with E-state index in [4.69, 9.17) is 37.9 Å². The van der Waals surface area contributed by atoms with E-state index in [0.29, 0.717) is 0 Å². The van der Waals surface area contributed by atoms with Gasteiger partial charge < -0.3 is 37.9 Å². The molecular weight excluding hydrogens is 525 g/mol. The molecule has 0 saturated carbocycles. The first kappa shape index (κ1) is 30.2. The van der Waals surface area contributed by atoms with E-state index in [9.17, 15) is 23.6 Å². The molecule has 0 unspecified atom stereocenters. The first-order valence-corrected chi connectivity index (χ1v) is 12.1. The third-order valence-electron chi connectivity index (χ3n) is 5.79. The van der Waals surface area contributed by atoms with Gasteiger partial charge in [-0.2, -0.15) is 4.39 Å². The molecule has 2 aliphatic heterocycles. The lowest BCUT2D eigenvalue weighted by molar-refractivity contribution is -0.288. The van der Waals surface area contributed by atoms with Crippen LogP contribution in [0, 0.1) is 12.9 Å². The van der Waals surface area contributed by atoms with Crippen LogP contribution in [0.4, 0.5) is 4.39 Å².